The van der Waals surface area contributed by atoms with Crippen LogP contribution in [-0.4, -0.2) is 63.7 Å². The van der Waals surface area contributed by atoms with Crippen LogP contribution in [0.1, 0.15) is 51.2 Å². The maximum absolute atomic E-state index is 12.0. The van der Waals surface area contributed by atoms with E-state index in [2.05, 4.69) is 28.9 Å². The van der Waals surface area contributed by atoms with Crippen molar-refractivity contribution < 1.29 is 14.4 Å². The van der Waals surface area contributed by atoms with Crippen molar-refractivity contribution in [2.24, 2.45) is 11.3 Å². The van der Waals surface area contributed by atoms with E-state index in [0.717, 1.165) is 63.6 Å². The van der Waals surface area contributed by atoms with E-state index in [0.29, 0.717) is 18.9 Å². The summed E-state index contributed by atoms with van der Waals surface area (Å²) in [6, 6.07) is 0. The highest BCUT2D eigenvalue weighted by Gasteiger charge is 2.40. The summed E-state index contributed by atoms with van der Waals surface area (Å²) in [7, 11) is 0. The van der Waals surface area contributed by atoms with Gasteiger partial charge in [0.2, 0.25) is 11.8 Å². The average Bonchev–Trinajstić information content (AvgIpc) is 3.00. The second kappa shape index (κ2) is 7.83. The molecule has 0 radical (unpaired) electrons. The Bertz CT molecular complexity index is 579. The van der Waals surface area contributed by atoms with Crippen LogP contribution in [-0.2, 0) is 17.8 Å². The second-order valence-electron chi connectivity index (χ2n) is 8.02. The van der Waals surface area contributed by atoms with Gasteiger partial charge in [0, 0.05) is 25.9 Å². The number of amides is 1. The molecule has 3 rings (SSSR count). The molecule has 2 fully saturated rings. The van der Waals surface area contributed by atoms with E-state index >= 15 is 0 Å². The van der Waals surface area contributed by atoms with Gasteiger partial charge < -0.3 is 14.5 Å². The number of hydrogen-bond acceptors (Lipinski definition) is 6. The van der Waals surface area contributed by atoms with Crippen molar-refractivity contribution >= 4 is 5.91 Å². The number of aliphatic hydroxyl groups is 1. The number of likely N-dealkylation sites (tertiary alicyclic amines) is 2. The molecule has 0 aliphatic carbocycles. The number of β-amino-alcohol motifs (C(OH)–C–C–N with tert-alkyl or cyclic N) is 1. The predicted octanol–water partition coefficient (Wildman–Crippen LogP) is 1.46. The third-order valence-corrected chi connectivity index (χ3v) is 5.49. The Morgan fingerprint density at radius 2 is 2.04 bits per heavy atom. The van der Waals surface area contributed by atoms with Gasteiger partial charge in [-0.25, -0.2) is 0 Å². The van der Waals surface area contributed by atoms with Gasteiger partial charge in [0.25, 0.3) is 0 Å². The fraction of sp³-hybridized carbons (Fsp3) is 0.833. The van der Waals surface area contributed by atoms with Gasteiger partial charge >= 0.3 is 0 Å². The normalized spacial score (nSPS) is 21.4. The molecule has 1 aromatic heterocycles. The molecule has 1 spiro atoms. The molecule has 7 heteroatoms. The summed E-state index contributed by atoms with van der Waals surface area (Å²) in [5.74, 6) is 2.20. The SMILES string of the molecule is CC(C)Cc1nc(CN2CCC3(CCC(=O)N(CCO)C3)CC2)no1. The van der Waals surface area contributed by atoms with E-state index in [1.807, 2.05) is 4.90 Å². The number of aliphatic hydroxyl groups excluding tert-OH is 1. The molecule has 25 heavy (non-hydrogen) atoms. The molecule has 0 bridgehead atoms. The molecule has 1 amide bonds. The quantitative estimate of drug-likeness (QED) is 0.836. The molecule has 1 aromatic rings. The molecule has 1 N–H and O–H groups in total. The number of hydrogen-bond donors (Lipinski definition) is 1. The van der Waals surface area contributed by atoms with Gasteiger partial charge in [0.15, 0.2) is 5.82 Å². The van der Waals surface area contributed by atoms with E-state index < -0.39 is 0 Å². The highest BCUT2D eigenvalue weighted by molar-refractivity contribution is 5.77. The second-order valence-corrected chi connectivity index (χ2v) is 8.02. The fourth-order valence-corrected chi connectivity index (χ4v) is 4.01. The summed E-state index contributed by atoms with van der Waals surface area (Å²) >= 11 is 0. The van der Waals surface area contributed by atoms with Crippen LogP contribution in [0.4, 0.5) is 0 Å². The summed E-state index contributed by atoms with van der Waals surface area (Å²) in [5.41, 5.74) is 0.222. The molecule has 0 saturated carbocycles. The third-order valence-electron chi connectivity index (χ3n) is 5.49. The molecule has 2 aliphatic heterocycles. The maximum Gasteiger partial charge on any atom is 0.226 e. The zero-order valence-electron chi connectivity index (χ0n) is 15.4. The first-order valence-corrected chi connectivity index (χ1v) is 9.42. The van der Waals surface area contributed by atoms with Crippen LogP contribution in [0.15, 0.2) is 4.52 Å². The van der Waals surface area contributed by atoms with Crippen LogP contribution in [0, 0.1) is 11.3 Å². The van der Waals surface area contributed by atoms with Crippen molar-refractivity contribution in [2.45, 2.75) is 52.5 Å². The number of rotatable bonds is 6. The van der Waals surface area contributed by atoms with Crippen molar-refractivity contribution in [3.8, 4) is 0 Å². The lowest BCUT2D eigenvalue weighted by Crippen LogP contribution is -2.51. The molecule has 7 nitrogen and oxygen atoms in total. The number of aromatic nitrogens is 2. The summed E-state index contributed by atoms with van der Waals surface area (Å²) < 4.78 is 5.32. The fourth-order valence-electron chi connectivity index (χ4n) is 4.01. The summed E-state index contributed by atoms with van der Waals surface area (Å²) in [6.45, 7) is 8.31. The van der Waals surface area contributed by atoms with Crippen molar-refractivity contribution in [2.75, 3.05) is 32.8 Å². The Morgan fingerprint density at radius 1 is 1.28 bits per heavy atom. The van der Waals surface area contributed by atoms with Gasteiger partial charge in [-0.1, -0.05) is 19.0 Å². The lowest BCUT2D eigenvalue weighted by atomic mass is 9.72. The molecule has 2 aliphatic rings. The minimum atomic E-state index is 0.0461. The van der Waals surface area contributed by atoms with Gasteiger partial charge in [0.1, 0.15) is 0 Å². The van der Waals surface area contributed by atoms with E-state index in [4.69, 9.17) is 9.63 Å². The molecule has 0 unspecified atom stereocenters. The molecule has 2 saturated heterocycles. The van der Waals surface area contributed by atoms with Gasteiger partial charge in [0.05, 0.1) is 13.2 Å². The van der Waals surface area contributed by atoms with E-state index in [9.17, 15) is 4.79 Å². The molecule has 0 atom stereocenters. The number of piperidine rings is 2. The standard InChI is InChI=1S/C18H30N4O3/c1-14(2)11-16-19-15(20-25-16)12-21-7-5-18(6-8-21)4-3-17(24)22(13-18)9-10-23/h14,23H,3-13H2,1-2H3. The molecule has 0 aromatic carbocycles. The van der Waals surface area contributed by atoms with Crippen molar-refractivity contribution in [1.82, 2.24) is 19.9 Å². The molecular formula is C18H30N4O3. The number of carbonyl (C=O) groups excluding carboxylic acids is 1. The zero-order valence-corrected chi connectivity index (χ0v) is 15.4. The van der Waals surface area contributed by atoms with Crippen LogP contribution in [0.25, 0.3) is 0 Å². The van der Waals surface area contributed by atoms with Crippen LogP contribution < -0.4 is 0 Å². The Balaban J connectivity index is 1.51. The smallest absolute Gasteiger partial charge is 0.226 e. The number of carbonyl (C=O) groups is 1. The first kappa shape index (κ1) is 18.3. The van der Waals surface area contributed by atoms with Crippen LogP contribution in [0.5, 0.6) is 0 Å². The lowest BCUT2D eigenvalue weighted by molar-refractivity contribution is -0.139. The topological polar surface area (TPSA) is 82.7 Å². The largest absolute Gasteiger partial charge is 0.395 e. The van der Waals surface area contributed by atoms with Crippen molar-refractivity contribution in [3.05, 3.63) is 11.7 Å². The van der Waals surface area contributed by atoms with E-state index in [-0.39, 0.29) is 17.9 Å². The predicted molar refractivity (Wildman–Crippen MR) is 92.7 cm³/mol. The van der Waals surface area contributed by atoms with Gasteiger partial charge in [-0.2, -0.15) is 4.98 Å². The lowest BCUT2D eigenvalue weighted by Gasteiger charge is -2.47. The van der Waals surface area contributed by atoms with Gasteiger partial charge in [-0.3, -0.25) is 9.69 Å². The van der Waals surface area contributed by atoms with E-state index in [1.165, 1.54) is 0 Å². The van der Waals surface area contributed by atoms with Crippen LogP contribution in [0.3, 0.4) is 0 Å². The third kappa shape index (κ3) is 4.58. The Labute approximate surface area is 149 Å². The Kier molecular flexibility index (Phi) is 5.74. The van der Waals surface area contributed by atoms with E-state index in [1.54, 1.807) is 0 Å². The molecular weight excluding hydrogens is 320 g/mol. The summed E-state index contributed by atoms with van der Waals surface area (Å²) in [4.78, 5) is 20.7. The van der Waals surface area contributed by atoms with Crippen molar-refractivity contribution in [3.63, 3.8) is 0 Å². The summed E-state index contributed by atoms with van der Waals surface area (Å²) in [6.07, 6.45) is 4.58. The zero-order chi connectivity index (χ0) is 17.9. The first-order chi connectivity index (χ1) is 12.0. The van der Waals surface area contributed by atoms with Crippen LogP contribution in [0.2, 0.25) is 0 Å². The summed E-state index contributed by atoms with van der Waals surface area (Å²) in [5, 5.41) is 13.3. The Morgan fingerprint density at radius 3 is 2.72 bits per heavy atom. The average molecular weight is 350 g/mol. The maximum atomic E-state index is 12.0. The highest BCUT2D eigenvalue weighted by atomic mass is 16.5. The van der Waals surface area contributed by atoms with Crippen LogP contribution >= 0.6 is 0 Å². The highest BCUT2D eigenvalue weighted by Crippen LogP contribution is 2.40. The Hall–Kier alpha value is -1.47. The minimum Gasteiger partial charge on any atom is -0.395 e. The first-order valence-electron chi connectivity index (χ1n) is 9.42. The molecule has 140 valence electrons. The number of nitrogens with zero attached hydrogens (tertiary/aromatic N) is 4. The molecule has 3 heterocycles. The van der Waals surface area contributed by atoms with Crippen molar-refractivity contribution in [1.29, 1.82) is 0 Å². The van der Waals surface area contributed by atoms with Gasteiger partial charge in [-0.05, 0) is 43.7 Å². The monoisotopic (exact) mass is 350 g/mol. The minimum absolute atomic E-state index is 0.0461. The van der Waals surface area contributed by atoms with Gasteiger partial charge in [-0.15, -0.1) is 0 Å².